The van der Waals surface area contributed by atoms with Crippen LogP contribution in [0.5, 0.6) is 11.5 Å². The van der Waals surface area contributed by atoms with Crippen molar-refractivity contribution in [2.45, 2.75) is 18.3 Å². The fourth-order valence-electron chi connectivity index (χ4n) is 3.61. The highest BCUT2D eigenvalue weighted by Gasteiger charge is 2.62. The number of hydrogen-bond acceptors (Lipinski definition) is 5. The Bertz CT molecular complexity index is 918. The van der Waals surface area contributed by atoms with Gasteiger partial charge in [-0.3, -0.25) is 4.79 Å². The van der Waals surface area contributed by atoms with Crippen molar-refractivity contribution < 1.29 is 32.5 Å². The molecule has 0 aromatic heterocycles. The highest BCUT2D eigenvalue weighted by Crippen LogP contribution is 2.44. The quantitative estimate of drug-likeness (QED) is 0.835. The molecule has 28 heavy (non-hydrogen) atoms. The number of nitrogens with one attached hydrogen (secondary N) is 1. The van der Waals surface area contributed by atoms with Gasteiger partial charge in [-0.25, -0.2) is 0 Å². The molecule has 0 saturated carbocycles. The van der Waals surface area contributed by atoms with Crippen LogP contribution >= 0.6 is 0 Å². The number of nitrogens with zero attached hydrogens (tertiary/aromatic N) is 1. The minimum absolute atomic E-state index is 0.00824. The normalized spacial score (nSPS) is 20.9. The van der Waals surface area contributed by atoms with Crippen LogP contribution in [-0.2, 0) is 6.42 Å². The molecule has 1 atom stereocenters. The zero-order chi connectivity index (χ0) is 19.9. The molecule has 2 aliphatic rings. The summed E-state index contributed by atoms with van der Waals surface area (Å²) in [6.07, 6.45) is -5.31. The first-order valence-corrected chi connectivity index (χ1v) is 8.61. The lowest BCUT2D eigenvalue weighted by Crippen LogP contribution is -2.69. The molecule has 1 unspecified atom stereocenters. The summed E-state index contributed by atoms with van der Waals surface area (Å²) in [5.74, 6) is -0.0380. The van der Waals surface area contributed by atoms with E-state index in [1.54, 1.807) is 12.1 Å². The molecule has 0 spiro atoms. The van der Waals surface area contributed by atoms with E-state index >= 15 is 0 Å². The number of benzene rings is 2. The monoisotopic (exact) mass is 394 g/mol. The topological polar surface area (TPSA) is 71.0 Å². The number of fused-ring (bicyclic) bond motifs is 2. The summed E-state index contributed by atoms with van der Waals surface area (Å²) >= 11 is 0. The standard InChI is InChI=1S/C19H17F3N2O4/c20-19(21,22)18(23-13-5-6-15-16(9-13)28-11-27-15)10-12-3-1-2-4-14(12)17(26)24(18)7-8-25/h1-6,9,23,25H,7-8,10-11H2. The summed E-state index contributed by atoms with van der Waals surface area (Å²) in [7, 11) is 0. The number of carbonyl (C=O) groups is 1. The molecule has 0 bridgehead atoms. The van der Waals surface area contributed by atoms with Gasteiger partial charge in [0.15, 0.2) is 11.5 Å². The lowest BCUT2D eigenvalue weighted by Gasteiger charge is -2.48. The fraction of sp³-hybridized carbons (Fsp3) is 0.316. The SMILES string of the molecule is O=C1c2ccccc2CC(Nc2ccc3c(c2)OCO3)(C(F)(F)F)N1CCO. The zero-order valence-electron chi connectivity index (χ0n) is 14.6. The van der Waals surface area contributed by atoms with Crippen LogP contribution in [0, 0.1) is 0 Å². The van der Waals surface area contributed by atoms with Gasteiger partial charge in [0.2, 0.25) is 12.5 Å². The Morgan fingerprint density at radius 2 is 1.89 bits per heavy atom. The average molecular weight is 394 g/mol. The lowest BCUT2D eigenvalue weighted by atomic mass is 9.87. The third-order valence-electron chi connectivity index (χ3n) is 4.92. The minimum Gasteiger partial charge on any atom is -0.454 e. The van der Waals surface area contributed by atoms with Crippen molar-refractivity contribution in [2.24, 2.45) is 0 Å². The summed E-state index contributed by atoms with van der Waals surface area (Å²) < 4.78 is 53.6. The van der Waals surface area contributed by atoms with E-state index in [9.17, 15) is 23.1 Å². The summed E-state index contributed by atoms with van der Waals surface area (Å²) in [6, 6.07) is 10.5. The predicted molar refractivity (Wildman–Crippen MR) is 93.2 cm³/mol. The number of aliphatic hydroxyl groups is 1. The van der Waals surface area contributed by atoms with Gasteiger partial charge < -0.3 is 24.8 Å². The molecule has 2 aliphatic heterocycles. The molecule has 9 heteroatoms. The molecule has 148 valence electrons. The van der Waals surface area contributed by atoms with Crippen LogP contribution in [0.3, 0.4) is 0 Å². The molecule has 0 fully saturated rings. The number of rotatable bonds is 4. The van der Waals surface area contributed by atoms with E-state index in [2.05, 4.69) is 5.32 Å². The highest BCUT2D eigenvalue weighted by molar-refractivity contribution is 5.98. The van der Waals surface area contributed by atoms with Crippen LogP contribution in [0.25, 0.3) is 0 Å². The number of carbonyl (C=O) groups excluding carboxylic acids is 1. The molecule has 0 saturated heterocycles. The first-order chi connectivity index (χ1) is 13.4. The van der Waals surface area contributed by atoms with E-state index in [-0.39, 0.29) is 23.6 Å². The van der Waals surface area contributed by atoms with Gasteiger partial charge in [-0.15, -0.1) is 0 Å². The Kier molecular flexibility index (Phi) is 4.34. The van der Waals surface area contributed by atoms with Gasteiger partial charge in [-0.1, -0.05) is 18.2 Å². The van der Waals surface area contributed by atoms with E-state index in [0.717, 1.165) is 0 Å². The van der Waals surface area contributed by atoms with Crippen LogP contribution in [0.15, 0.2) is 42.5 Å². The second-order valence-electron chi connectivity index (χ2n) is 6.57. The average Bonchev–Trinajstić information content (AvgIpc) is 3.12. The van der Waals surface area contributed by atoms with Crippen molar-refractivity contribution in [1.82, 2.24) is 4.90 Å². The van der Waals surface area contributed by atoms with Crippen LogP contribution in [0.2, 0.25) is 0 Å². The summed E-state index contributed by atoms with van der Waals surface area (Å²) in [5.41, 5.74) is -2.11. The number of aliphatic hydroxyl groups excluding tert-OH is 1. The molecule has 2 aromatic rings. The minimum atomic E-state index is -4.82. The molecule has 6 nitrogen and oxygen atoms in total. The molecule has 1 amide bonds. The Balaban J connectivity index is 1.82. The number of hydrogen-bond donors (Lipinski definition) is 2. The number of β-amino-alcohol motifs (C(OH)–C–C–N with tert-alkyl or cyclic N) is 1. The van der Waals surface area contributed by atoms with Gasteiger partial charge in [-0.2, -0.15) is 13.2 Å². The summed E-state index contributed by atoms with van der Waals surface area (Å²) in [5, 5.41) is 11.9. The van der Waals surface area contributed by atoms with Crippen LogP contribution < -0.4 is 14.8 Å². The Morgan fingerprint density at radius 3 is 2.64 bits per heavy atom. The number of halogens is 3. The maximum Gasteiger partial charge on any atom is 0.430 e. The summed E-state index contributed by atoms with van der Waals surface area (Å²) in [6.45, 7) is -1.08. The first kappa shape index (κ1) is 18.4. The van der Waals surface area contributed by atoms with Crippen molar-refractivity contribution in [1.29, 1.82) is 0 Å². The number of anilines is 1. The van der Waals surface area contributed by atoms with E-state index in [4.69, 9.17) is 9.47 Å². The Hall–Kier alpha value is -2.94. The lowest BCUT2D eigenvalue weighted by molar-refractivity contribution is -0.216. The second kappa shape index (κ2) is 6.59. The number of alkyl halides is 3. The van der Waals surface area contributed by atoms with Crippen molar-refractivity contribution in [3.63, 3.8) is 0 Å². The van der Waals surface area contributed by atoms with Crippen LogP contribution in [0.4, 0.5) is 18.9 Å². The van der Waals surface area contributed by atoms with Gasteiger partial charge in [0, 0.05) is 30.3 Å². The van der Waals surface area contributed by atoms with E-state index in [1.807, 2.05) is 0 Å². The zero-order valence-corrected chi connectivity index (χ0v) is 14.6. The maximum atomic E-state index is 14.4. The van der Waals surface area contributed by atoms with Gasteiger partial charge in [0.1, 0.15) is 0 Å². The van der Waals surface area contributed by atoms with Gasteiger partial charge in [-0.05, 0) is 23.8 Å². The molecule has 2 heterocycles. The van der Waals surface area contributed by atoms with E-state index < -0.39 is 37.3 Å². The summed E-state index contributed by atoms with van der Waals surface area (Å²) in [4.78, 5) is 13.5. The highest BCUT2D eigenvalue weighted by atomic mass is 19.4. The van der Waals surface area contributed by atoms with E-state index in [0.29, 0.717) is 16.4 Å². The smallest absolute Gasteiger partial charge is 0.430 e. The predicted octanol–water partition coefficient (Wildman–Crippen LogP) is 2.78. The maximum absolute atomic E-state index is 14.4. The molecule has 2 N–H and O–H groups in total. The van der Waals surface area contributed by atoms with E-state index in [1.165, 1.54) is 30.3 Å². The molecule has 4 rings (SSSR count). The van der Waals surface area contributed by atoms with Crippen molar-refractivity contribution in [2.75, 3.05) is 25.3 Å². The fourth-order valence-corrected chi connectivity index (χ4v) is 3.61. The molecule has 0 radical (unpaired) electrons. The van der Waals surface area contributed by atoms with Crippen LogP contribution in [-0.4, -0.2) is 47.7 Å². The Morgan fingerprint density at radius 1 is 1.14 bits per heavy atom. The first-order valence-electron chi connectivity index (χ1n) is 8.61. The largest absolute Gasteiger partial charge is 0.454 e. The molecule has 2 aromatic carbocycles. The van der Waals surface area contributed by atoms with Gasteiger partial charge in [0.05, 0.1) is 6.61 Å². The number of amides is 1. The molecule has 0 aliphatic carbocycles. The van der Waals surface area contributed by atoms with Gasteiger partial charge in [0.25, 0.3) is 5.91 Å². The van der Waals surface area contributed by atoms with Crippen molar-refractivity contribution in [3.8, 4) is 11.5 Å². The third kappa shape index (κ3) is 2.82. The molecular weight excluding hydrogens is 377 g/mol. The van der Waals surface area contributed by atoms with Crippen molar-refractivity contribution >= 4 is 11.6 Å². The molecular formula is C19H17F3N2O4. The number of ether oxygens (including phenoxy) is 2. The second-order valence-corrected chi connectivity index (χ2v) is 6.57. The van der Waals surface area contributed by atoms with Gasteiger partial charge >= 0.3 is 6.18 Å². The van der Waals surface area contributed by atoms with Crippen LogP contribution in [0.1, 0.15) is 15.9 Å². The third-order valence-corrected chi connectivity index (χ3v) is 4.92. The Labute approximate surface area is 158 Å². The van der Waals surface area contributed by atoms with Crippen molar-refractivity contribution in [3.05, 3.63) is 53.6 Å².